The quantitative estimate of drug-likeness (QED) is 0.347. The molecule has 2 amide bonds. The van der Waals surface area contributed by atoms with Crippen molar-refractivity contribution in [1.29, 1.82) is 0 Å². The zero-order valence-corrected chi connectivity index (χ0v) is 29.8. The second kappa shape index (κ2) is 12.9. The number of benzene rings is 2. The highest BCUT2D eigenvalue weighted by Crippen LogP contribution is 2.47. The van der Waals surface area contributed by atoms with Gasteiger partial charge in [-0.15, -0.1) is 0 Å². The van der Waals surface area contributed by atoms with E-state index < -0.39 is 39.0 Å². The topological polar surface area (TPSA) is 136 Å². The third-order valence-corrected chi connectivity index (χ3v) is 12.2. The summed E-state index contributed by atoms with van der Waals surface area (Å²) in [6, 6.07) is 6.73. The minimum Gasteiger partial charge on any atom is -0.422 e. The van der Waals surface area contributed by atoms with Crippen LogP contribution in [0.1, 0.15) is 43.8 Å². The maximum Gasteiger partial charge on any atom is 0.341 e. The fourth-order valence-electron chi connectivity index (χ4n) is 7.73. The summed E-state index contributed by atoms with van der Waals surface area (Å²) in [7, 11) is 2.12. The van der Waals surface area contributed by atoms with Crippen molar-refractivity contribution in [3.63, 3.8) is 0 Å². The number of amides is 2. The fraction of sp³-hybridized carbons (Fsp3) is 0.514. The lowest BCUT2D eigenvalue weighted by Crippen LogP contribution is -2.53. The molecule has 13 nitrogen and oxygen atoms in total. The number of nitrogens with zero attached hydrogens (tertiary/aromatic N) is 5. The van der Waals surface area contributed by atoms with Crippen LogP contribution in [-0.2, 0) is 27.9 Å². The number of methoxy groups -OCH3 is 1. The predicted octanol–water partition coefficient (Wildman–Crippen LogP) is 2.20. The van der Waals surface area contributed by atoms with Crippen LogP contribution in [0.4, 0.5) is 15.8 Å². The number of halogens is 1. The van der Waals surface area contributed by atoms with Crippen molar-refractivity contribution in [3.05, 3.63) is 68.3 Å². The van der Waals surface area contributed by atoms with E-state index in [1.807, 2.05) is 22.6 Å². The highest BCUT2D eigenvalue weighted by molar-refractivity contribution is 7.87. The van der Waals surface area contributed by atoms with Gasteiger partial charge in [0.1, 0.15) is 11.4 Å². The summed E-state index contributed by atoms with van der Waals surface area (Å²) in [5.41, 5.74) is 2.89. The van der Waals surface area contributed by atoms with Gasteiger partial charge in [0.05, 0.1) is 36.0 Å². The number of piperidine rings is 1. The molecular weight excluding hydrogens is 667 g/mol. The number of likely N-dealkylation sites (N-methyl/N-ethyl adjacent to an activating group) is 1. The molecule has 1 N–H and O–H groups in total. The van der Waals surface area contributed by atoms with Crippen molar-refractivity contribution in [2.24, 2.45) is 11.8 Å². The summed E-state index contributed by atoms with van der Waals surface area (Å²) in [6.07, 6.45) is 1.45. The summed E-state index contributed by atoms with van der Waals surface area (Å²) in [6.45, 7) is 6.50. The molecule has 3 aromatic rings. The molecular formula is C35H43FN6O7S. The van der Waals surface area contributed by atoms with Gasteiger partial charge in [0.2, 0.25) is 0 Å². The third-order valence-electron chi connectivity index (χ3n) is 10.8. The molecule has 2 saturated heterocycles. The number of rotatable bonds is 8. The lowest BCUT2D eigenvalue weighted by molar-refractivity contribution is 0.0732. The average Bonchev–Trinajstić information content (AvgIpc) is 3.69. The first kappa shape index (κ1) is 34.4. The van der Waals surface area contributed by atoms with Crippen LogP contribution in [0.5, 0.6) is 0 Å². The van der Waals surface area contributed by atoms with E-state index >= 15 is 4.39 Å². The van der Waals surface area contributed by atoms with E-state index in [1.165, 1.54) is 25.1 Å². The van der Waals surface area contributed by atoms with Crippen molar-refractivity contribution in [2.75, 3.05) is 83.9 Å². The number of hydrogen-bond acceptors (Lipinski definition) is 10. The molecule has 0 spiro atoms. The molecule has 1 aromatic heterocycles. The zero-order chi connectivity index (χ0) is 35.6. The van der Waals surface area contributed by atoms with Crippen LogP contribution in [0.25, 0.3) is 11.0 Å². The van der Waals surface area contributed by atoms with Crippen molar-refractivity contribution >= 4 is 44.4 Å². The van der Waals surface area contributed by atoms with Gasteiger partial charge in [-0.25, -0.2) is 13.9 Å². The van der Waals surface area contributed by atoms with Crippen molar-refractivity contribution < 1.29 is 31.6 Å². The maximum atomic E-state index is 15.8. The number of anilines is 2. The third kappa shape index (κ3) is 6.14. The Bertz CT molecular complexity index is 2040. The first-order valence-electron chi connectivity index (χ1n) is 16.9. The summed E-state index contributed by atoms with van der Waals surface area (Å²) in [4.78, 5) is 48.5. The van der Waals surface area contributed by atoms with Gasteiger partial charge in [-0.2, -0.15) is 12.7 Å². The van der Waals surface area contributed by atoms with Gasteiger partial charge >= 0.3 is 15.8 Å². The Balaban J connectivity index is 1.17. The summed E-state index contributed by atoms with van der Waals surface area (Å²) in [5.74, 6) is -1.77. The first-order chi connectivity index (χ1) is 23.8. The van der Waals surface area contributed by atoms with Crippen LogP contribution in [0.3, 0.4) is 0 Å². The first-order valence-corrected chi connectivity index (χ1v) is 18.4. The second-order valence-electron chi connectivity index (χ2n) is 14.2. The summed E-state index contributed by atoms with van der Waals surface area (Å²) in [5, 5.41) is 0.833. The molecule has 0 bridgehead atoms. The van der Waals surface area contributed by atoms with E-state index in [4.69, 9.17) is 9.15 Å². The van der Waals surface area contributed by atoms with Gasteiger partial charge in [-0.3, -0.25) is 14.5 Å². The van der Waals surface area contributed by atoms with Gasteiger partial charge < -0.3 is 23.9 Å². The van der Waals surface area contributed by atoms with E-state index in [2.05, 4.69) is 22.9 Å². The molecule has 3 atom stereocenters. The zero-order valence-electron chi connectivity index (χ0n) is 29.0. The minimum atomic E-state index is -4.19. The van der Waals surface area contributed by atoms with E-state index in [0.29, 0.717) is 49.1 Å². The number of hydrogen-bond donors (Lipinski definition) is 1. The molecule has 1 aliphatic carbocycles. The van der Waals surface area contributed by atoms with Gasteiger partial charge in [0.15, 0.2) is 0 Å². The molecule has 15 heteroatoms. The van der Waals surface area contributed by atoms with E-state index in [-0.39, 0.29) is 30.4 Å². The van der Waals surface area contributed by atoms with E-state index in [9.17, 15) is 22.8 Å². The molecule has 3 fully saturated rings. The molecule has 4 aliphatic rings. The van der Waals surface area contributed by atoms with Crippen molar-refractivity contribution in [3.8, 4) is 0 Å². The van der Waals surface area contributed by atoms with Crippen molar-refractivity contribution in [2.45, 2.75) is 32.4 Å². The standard InChI is InChI=1S/C35H43FN6O7S/c1-20-29(40-11-10-39(4)24(17-40)19-48-5)7-6-26-25-8-9-41(18-27(25)35(45)49-32(20)26)34(44)21-13-28(36)31(33(43)37-50(46,47)38(2)3)30(14-21)42-15-22-12-23(22)16-42/h6-7,13-14,22-24H,8-12,15-19H2,1-5H3,(H,37,43)/t22?,23?,24-/m1/s1. The number of ether oxygens (including phenoxy) is 1. The van der Waals surface area contributed by atoms with Crippen LogP contribution < -0.4 is 20.1 Å². The largest absolute Gasteiger partial charge is 0.422 e. The highest BCUT2D eigenvalue weighted by Gasteiger charge is 2.46. The molecule has 50 heavy (non-hydrogen) atoms. The SMILES string of the molecule is COC[C@H]1CN(c2ccc3c4c(c(=O)oc3c2C)CN(C(=O)c2cc(F)c(C(=O)NS(=O)(=O)N(C)C)c(N3CC5CC5C3)c2)CC4)CCN1C. The van der Waals surface area contributed by atoms with Crippen LogP contribution >= 0.6 is 0 Å². The van der Waals surface area contributed by atoms with E-state index in [1.54, 1.807) is 7.11 Å². The molecule has 7 rings (SSSR count). The normalized spacial score (nSPS) is 22.2. The minimum absolute atomic E-state index is 0.0122. The Kier molecular flexibility index (Phi) is 8.90. The van der Waals surface area contributed by atoms with Gasteiger partial charge in [-0.1, -0.05) is 0 Å². The Morgan fingerprint density at radius 3 is 2.48 bits per heavy atom. The number of fused-ring (bicyclic) bond motifs is 4. The summed E-state index contributed by atoms with van der Waals surface area (Å²) < 4.78 is 54.8. The average molecular weight is 711 g/mol. The summed E-state index contributed by atoms with van der Waals surface area (Å²) >= 11 is 0. The number of aryl methyl sites for hydroxylation is 1. The molecule has 268 valence electrons. The van der Waals surface area contributed by atoms with Crippen LogP contribution in [0.15, 0.2) is 33.5 Å². The van der Waals surface area contributed by atoms with Crippen LogP contribution in [0.2, 0.25) is 0 Å². The fourth-order valence-corrected chi connectivity index (χ4v) is 8.25. The number of carbonyl (C=O) groups is 2. The molecule has 2 unspecified atom stereocenters. The predicted molar refractivity (Wildman–Crippen MR) is 186 cm³/mol. The Morgan fingerprint density at radius 1 is 1.04 bits per heavy atom. The van der Waals surface area contributed by atoms with Gasteiger partial charge in [0, 0.05) is 82.7 Å². The molecule has 2 aromatic carbocycles. The lowest BCUT2D eigenvalue weighted by Gasteiger charge is -2.41. The number of piperazine rings is 1. The molecule has 0 radical (unpaired) electrons. The second-order valence-corrected chi connectivity index (χ2v) is 16.1. The monoisotopic (exact) mass is 710 g/mol. The highest BCUT2D eigenvalue weighted by atomic mass is 32.2. The molecule has 3 aliphatic heterocycles. The molecule has 1 saturated carbocycles. The van der Waals surface area contributed by atoms with Crippen LogP contribution in [-0.4, -0.2) is 115 Å². The molecule has 4 heterocycles. The van der Waals surface area contributed by atoms with E-state index in [0.717, 1.165) is 58.6 Å². The Morgan fingerprint density at radius 2 is 1.78 bits per heavy atom. The Hall–Kier alpha value is -4.05. The number of nitrogens with one attached hydrogen (secondary N) is 1. The van der Waals surface area contributed by atoms with Gasteiger partial charge in [-0.05, 0) is 68.5 Å². The van der Waals surface area contributed by atoms with Crippen molar-refractivity contribution in [1.82, 2.24) is 18.8 Å². The smallest absolute Gasteiger partial charge is 0.341 e. The van der Waals surface area contributed by atoms with Gasteiger partial charge in [0.25, 0.3) is 11.8 Å². The number of carbonyl (C=O) groups excluding carboxylic acids is 2. The Labute approximate surface area is 290 Å². The van der Waals surface area contributed by atoms with Crippen LogP contribution in [0, 0.1) is 24.6 Å². The lowest BCUT2D eigenvalue weighted by atomic mass is 9.95. The maximum absolute atomic E-state index is 15.8.